The third-order valence-corrected chi connectivity index (χ3v) is 4.16. The van der Waals surface area contributed by atoms with Crippen molar-refractivity contribution in [3.05, 3.63) is 58.5 Å². The molecule has 0 spiro atoms. The van der Waals surface area contributed by atoms with Gasteiger partial charge in [-0.2, -0.15) is 5.10 Å². The number of aliphatic hydroxyl groups excluding tert-OH is 1. The number of pyridine rings is 1. The van der Waals surface area contributed by atoms with E-state index in [1.807, 2.05) is 35.1 Å². The highest BCUT2D eigenvalue weighted by Gasteiger charge is 2.17. The number of benzene rings is 1. The molecule has 1 aromatic carbocycles. The van der Waals surface area contributed by atoms with Gasteiger partial charge < -0.3 is 5.11 Å². The van der Waals surface area contributed by atoms with Crippen molar-refractivity contribution in [2.45, 2.75) is 26.0 Å². The second-order valence-corrected chi connectivity index (χ2v) is 5.83. The van der Waals surface area contributed by atoms with E-state index >= 15 is 0 Å². The summed E-state index contributed by atoms with van der Waals surface area (Å²) in [7, 11) is 0. The van der Waals surface area contributed by atoms with Crippen LogP contribution in [0.3, 0.4) is 0 Å². The quantitative estimate of drug-likeness (QED) is 0.784. The summed E-state index contributed by atoms with van der Waals surface area (Å²) >= 11 is 3.52. The van der Waals surface area contributed by atoms with Gasteiger partial charge in [-0.25, -0.2) is 0 Å². The Kier molecular flexibility index (Phi) is 4.03. The molecule has 0 saturated heterocycles. The minimum absolute atomic E-state index is 0.721. The zero-order valence-corrected chi connectivity index (χ0v) is 13.3. The van der Waals surface area contributed by atoms with Gasteiger partial charge in [0.25, 0.3) is 0 Å². The number of nitrogens with zero attached hydrogens (tertiary/aromatic N) is 3. The normalized spacial score (nSPS) is 12.7. The van der Waals surface area contributed by atoms with Crippen LogP contribution in [0.2, 0.25) is 0 Å². The summed E-state index contributed by atoms with van der Waals surface area (Å²) in [5, 5.41) is 15.9. The predicted octanol–water partition coefficient (Wildman–Crippen LogP) is 3.69. The number of fused-ring (bicyclic) bond motifs is 1. The predicted molar refractivity (Wildman–Crippen MR) is 86.0 cm³/mol. The van der Waals surface area contributed by atoms with Gasteiger partial charge in [0.1, 0.15) is 6.10 Å². The maximum absolute atomic E-state index is 10.7. The van der Waals surface area contributed by atoms with E-state index in [9.17, 15) is 5.11 Å². The number of hydrogen-bond acceptors (Lipinski definition) is 3. The molecule has 1 unspecified atom stereocenters. The number of aryl methyl sites for hydroxylation is 1. The summed E-state index contributed by atoms with van der Waals surface area (Å²) in [6, 6.07) is 7.73. The molecule has 2 heterocycles. The maximum atomic E-state index is 10.7. The van der Waals surface area contributed by atoms with Crippen LogP contribution in [0.25, 0.3) is 10.9 Å². The Balaban J connectivity index is 2.04. The molecule has 1 atom stereocenters. The van der Waals surface area contributed by atoms with E-state index in [4.69, 9.17) is 0 Å². The highest BCUT2D eigenvalue weighted by atomic mass is 79.9. The van der Waals surface area contributed by atoms with Crippen LogP contribution in [0, 0.1) is 0 Å². The molecule has 0 amide bonds. The second-order valence-electron chi connectivity index (χ2n) is 4.98. The third kappa shape index (κ3) is 2.71. The average molecular weight is 346 g/mol. The Morgan fingerprint density at radius 1 is 1.33 bits per heavy atom. The lowest BCUT2D eigenvalue weighted by Gasteiger charge is -2.12. The zero-order valence-electron chi connectivity index (χ0n) is 11.7. The first-order valence-corrected chi connectivity index (χ1v) is 7.73. The largest absolute Gasteiger partial charge is 0.383 e. The molecular formula is C16H16BrN3O. The first-order chi connectivity index (χ1) is 10.2. The third-order valence-electron chi connectivity index (χ3n) is 3.46. The molecule has 0 saturated carbocycles. The Labute approximate surface area is 131 Å². The highest BCUT2D eigenvalue weighted by molar-refractivity contribution is 9.10. The van der Waals surface area contributed by atoms with Gasteiger partial charge in [-0.15, -0.1) is 0 Å². The Morgan fingerprint density at radius 2 is 2.19 bits per heavy atom. The molecule has 1 N–H and O–H groups in total. The van der Waals surface area contributed by atoms with Crippen LogP contribution >= 0.6 is 15.9 Å². The van der Waals surface area contributed by atoms with E-state index in [0.29, 0.717) is 0 Å². The molecule has 108 valence electrons. The van der Waals surface area contributed by atoms with Crippen LogP contribution in [0.1, 0.15) is 30.6 Å². The van der Waals surface area contributed by atoms with Gasteiger partial charge in [-0.05, 0) is 18.6 Å². The fourth-order valence-electron chi connectivity index (χ4n) is 2.43. The van der Waals surface area contributed by atoms with Crippen molar-refractivity contribution in [2.24, 2.45) is 0 Å². The summed E-state index contributed by atoms with van der Waals surface area (Å²) in [6.07, 6.45) is 5.65. The van der Waals surface area contributed by atoms with Crippen LogP contribution in [0.15, 0.2) is 47.3 Å². The van der Waals surface area contributed by atoms with E-state index in [2.05, 4.69) is 32.9 Å². The van der Waals surface area contributed by atoms with Crippen LogP contribution < -0.4 is 0 Å². The summed E-state index contributed by atoms with van der Waals surface area (Å²) in [4.78, 5) is 4.41. The Bertz CT molecular complexity index is 769. The SMILES string of the molecule is CCCn1cc(C(O)c2ccc(Br)c3cccnc23)cn1. The molecule has 3 rings (SSSR count). The van der Waals surface area contributed by atoms with Gasteiger partial charge in [0.05, 0.1) is 11.7 Å². The first kappa shape index (κ1) is 14.2. The lowest BCUT2D eigenvalue weighted by atomic mass is 10.0. The molecule has 0 bridgehead atoms. The number of rotatable bonds is 4. The van der Waals surface area contributed by atoms with Crippen molar-refractivity contribution < 1.29 is 5.11 Å². The van der Waals surface area contributed by atoms with Gasteiger partial charge >= 0.3 is 0 Å². The minimum Gasteiger partial charge on any atom is -0.383 e. The molecule has 3 aromatic rings. The van der Waals surface area contributed by atoms with Crippen molar-refractivity contribution in [3.63, 3.8) is 0 Å². The van der Waals surface area contributed by atoms with Crippen LogP contribution in [0.4, 0.5) is 0 Å². The highest BCUT2D eigenvalue weighted by Crippen LogP contribution is 2.31. The maximum Gasteiger partial charge on any atom is 0.109 e. The van der Waals surface area contributed by atoms with Gasteiger partial charge in [0.2, 0.25) is 0 Å². The number of hydrogen-bond donors (Lipinski definition) is 1. The second kappa shape index (κ2) is 5.95. The first-order valence-electron chi connectivity index (χ1n) is 6.94. The molecule has 0 fully saturated rings. The number of aliphatic hydroxyl groups is 1. The van der Waals surface area contributed by atoms with Gasteiger partial charge in [-0.1, -0.05) is 35.0 Å². The summed E-state index contributed by atoms with van der Waals surface area (Å²) in [5.74, 6) is 0. The van der Waals surface area contributed by atoms with E-state index in [0.717, 1.165) is 39.5 Å². The lowest BCUT2D eigenvalue weighted by molar-refractivity contribution is 0.221. The van der Waals surface area contributed by atoms with Crippen LogP contribution in [-0.2, 0) is 6.54 Å². The fourth-order valence-corrected chi connectivity index (χ4v) is 2.88. The van der Waals surface area contributed by atoms with E-state index in [-0.39, 0.29) is 0 Å². The molecule has 2 aromatic heterocycles. The number of aromatic nitrogens is 3. The Morgan fingerprint density at radius 3 is 3.00 bits per heavy atom. The van der Waals surface area contributed by atoms with Gasteiger partial charge in [0.15, 0.2) is 0 Å². The molecule has 21 heavy (non-hydrogen) atoms. The van der Waals surface area contributed by atoms with Gasteiger partial charge in [-0.3, -0.25) is 9.67 Å². The van der Waals surface area contributed by atoms with Crippen molar-refractivity contribution in [1.29, 1.82) is 0 Å². The van der Waals surface area contributed by atoms with Crippen molar-refractivity contribution in [1.82, 2.24) is 14.8 Å². The Hall–Kier alpha value is -1.72. The average Bonchev–Trinajstić information content (AvgIpc) is 2.96. The molecule has 0 aliphatic rings. The summed E-state index contributed by atoms with van der Waals surface area (Å²) in [6.45, 7) is 2.95. The molecule has 0 radical (unpaired) electrons. The standard InChI is InChI=1S/C16H16BrN3O/c1-2-8-20-10-11(9-19-20)16(21)13-5-6-14(17)12-4-3-7-18-15(12)13/h3-7,9-10,16,21H,2,8H2,1H3. The molecule has 0 aliphatic carbocycles. The smallest absolute Gasteiger partial charge is 0.109 e. The topological polar surface area (TPSA) is 50.9 Å². The number of halogens is 1. The summed E-state index contributed by atoms with van der Waals surface area (Å²) < 4.78 is 2.83. The van der Waals surface area contributed by atoms with Crippen LogP contribution in [-0.4, -0.2) is 19.9 Å². The minimum atomic E-state index is -0.721. The van der Waals surface area contributed by atoms with Gasteiger partial charge in [0, 0.05) is 39.9 Å². The fraction of sp³-hybridized carbons (Fsp3) is 0.250. The molecule has 5 heteroatoms. The monoisotopic (exact) mass is 345 g/mol. The van der Waals surface area contributed by atoms with E-state index < -0.39 is 6.10 Å². The lowest BCUT2D eigenvalue weighted by Crippen LogP contribution is -2.01. The zero-order chi connectivity index (χ0) is 14.8. The van der Waals surface area contributed by atoms with Crippen molar-refractivity contribution in [2.75, 3.05) is 0 Å². The molecular weight excluding hydrogens is 330 g/mol. The van der Waals surface area contributed by atoms with Crippen molar-refractivity contribution >= 4 is 26.8 Å². The summed E-state index contributed by atoms with van der Waals surface area (Å²) in [5.41, 5.74) is 2.39. The molecule has 0 aliphatic heterocycles. The molecule has 4 nitrogen and oxygen atoms in total. The van der Waals surface area contributed by atoms with Crippen LogP contribution in [0.5, 0.6) is 0 Å². The van der Waals surface area contributed by atoms with E-state index in [1.165, 1.54) is 0 Å². The van der Waals surface area contributed by atoms with Crippen molar-refractivity contribution in [3.8, 4) is 0 Å². The van der Waals surface area contributed by atoms with E-state index in [1.54, 1.807) is 12.4 Å².